The summed E-state index contributed by atoms with van der Waals surface area (Å²) in [5.41, 5.74) is -0.811. The number of benzene rings is 1. The smallest absolute Gasteiger partial charge is 0.324 e. The third kappa shape index (κ3) is 3.52. The van der Waals surface area contributed by atoms with Gasteiger partial charge >= 0.3 is 6.18 Å². The van der Waals surface area contributed by atoms with Crippen LogP contribution in [0.2, 0.25) is 0 Å². The number of halogens is 3. The molecule has 1 aliphatic rings. The van der Waals surface area contributed by atoms with E-state index >= 15 is 0 Å². The van der Waals surface area contributed by atoms with Crippen molar-refractivity contribution in [1.29, 1.82) is 0 Å². The zero-order chi connectivity index (χ0) is 20.8. The lowest BCUT2D eigenvalue weighted by Gasteiger charge is -2.17. The van der Waals surface area contributed by atoms with Gasteiger partial charge in [-0.15, -0.1) is 16.4 Å². The molecule has 1 aromatic carbocycles. The maximum absolute atomic E-state index is 13.2. The summed E-state index contributed by atoms with van der Waals surface area (Å²) in [5.74, 6) is -0.776. The molecule has 1 aliphatic carbocycles. The van der Waals surface area contributed by atoms with Gasteiger partial charge in [-0.1, -0.05) is 17.3 Å². The maximum Gasteiger partial charge on any atom is 0.418 e. The number of fused-ring (bicyclic) bond motifs is 3. The highest BCUT2D eigenvalue weighted by molar-refractivity contribution is 7.18. The van der Waals surface area contributed by atoms with Gasteiger partial charge in [0, 0.05) is 4.88 Å². The van der Waals surface area contributed by atoms with Crippen molar-refractivity contribution in [2.45, 2.75) is 44.8 Å². The van der Waals surface area contributed by atoms with E-state index in [1.165, 1.54) is 36.5 Å². The third-order valence-corrected chi connectivity index (χ3v) is 6.22. The van der Waals surface area contributed by atoms with Crippen molar-refractivity contribution in [2.75, 3.05) is 5.32 Å². The van der Waals surface area contributed by atoms with Crippen LogP contribution < -0.4 is 10.9 Å². The van der Waals surface area contributed by atoms with Crippen LogP contribution in [0.4, 0.5) is 18.9 Å². The summed E-state index contributed by atoms with van der Waals surface area (Å²) >= 11 is 1.44. The summed E-state index contributed by atoms with van der Waals surface area (Å²) in [6.45, 7) is 1.41. The largest absolute Gasteiger partial charge is 0.418 e. The van der Waals surface area contributed by atoms with Crippen molar-refractivity contribution in [3.63, 3.8) is 0 Å². The van der Waals surface area contributed by atoms with E-state index in [0.717, 1.165) is 46.9 Å². The van der Waals surface area contributed by atoms with Gasteiger partial charge in [0.1, 0.15) is 6.04 Å². The first-order chi connectivity index (χ1) is 13.8. The Bertz CT molecular complexity index is 1150. The van der Waals surface area contributed by atoms with Gasteiger partial charge in [0.2, 0.25) is 5.91 Å². The number of thiophene rings is 1. The zero-order valence-electron chi connectivity index (χ0n) is 15.4. The summed E-state index contributed by atoms with van der Waals surface area (Å²) < 4.78 is 40.4. The Hall–Kier alpha value is -2.75. The first-order valence-corrected chi connectivity index (χ1v) is 9.96. The van der Waals surface area contributed by atoms with Gasteiger partial charge in [-0.05, 0) is 50.3 Å². The van der Waals surface area contributed by atoms with Crippen LogP contribution in [0.25, 0.3) is 10.2 Å². The quantitative estimate of drug-likeness (QED) is 0.693. The van der Waals surface area contributed by atoms with Crippen LogP contribution in [0.3, 0.4) is 0 Å². The van der Waals surface area contributed by atoms with Crippen LogP contribution in [0.15, 0.2) is 29.1 Å². The van der Waals surface area contributed by atoms with Crippen molar-refractivity contribution in [3.05, 3.63) is 50.6 Å². The van der Waals surface area contributed by atoms with Gasteiger partial charge in [-0.3, -0.25) is 9.59 Å². The summed E-state index contributed by atoms with van der Waals surface area (Å²) in [7, 11) is 0. The molecule has 3 aromatic rings. The Morgan fingerprint density at radius 1 is 1.24 bits per heavy atom. The number of hydrogen-bond donors (Lipinski definition) is 1. The number of nitrogens with one attached hydrogen (secondary N) is 1. The lowest BCUT2D eigenvalue weighted by atomic mass is 9.97. The van der Waals surface area contributed by atoms with Crippen molar-refractivity contribution < 1.29 is 18.0 Å². The summed E-state index contributed by atoms with van der Waals surface area (Å²) in [6.07, 6.45) is -0.919. The predicted octanol–water partition coefficient (Wildman–Crippen LogP) is 3.95. The average Bonchev–Trinajstić information content (AvgIpc) is 3.06. The van der Waals surface area contributed by atoms with Gasteiger partial charge in [-0.25, -0.2) is 0 Å². The van der Waals surface area contributed by atoms with Gasteiger partial charge < -0.3 is 5.32 Å². The van der Waals surface area contributed by atoms with Crippen LogP contribution in [-0.2, 0) is 23.8 Å². The normalized spacial score (nSPS) is 15.2. The third-order valence-electron chi connectivity index (χ3n) is 5.04. The second kappa shape index (κ2) is 7.25. The molecule has 0 spiro atoms. The number of rotatable bonds is 3. The average molecular weight is 422 g/mol. The van der Waals surface area contributed by atoms with Gasteiger partial charge in [-0.2, -0.15) is 17.9 Å². The standard InChI is InChI=1S/C19H17F3N4O2S/c1-10(16(27)23-13-8-4-3-7-12(13)19(20,21)22)26-18(28)15-11-6-2-5-9-14(11)29-17(15)24-25-26/h3-4,7-8,10H,2,5-6,9H2,1H3,(H,23,27)/t10-/m0/s1. The topological polar surface area (TPSA) is 76.9 Å². The van der Waals surface area contributed by atoms with E-state index in [1.54, 1.807) is 0 Å². The summed E-state index contributed by atoms with van der Waals surface area (Å²) in [4.78, 5) is 27.2. The highest BCUT2D eigenvalue weighted by atomic mass is 32.1. The molecule has 0 fully saturated rings. The highest BCUT2D eigenvalue weighted by Gasteiger charge is 2.34. The monoisotopic (exact) mass is 422 g/mol. The zero-order valence-corrected chi connectivity index (χ0v) is 16.2. The van der Waals surface area contributed by atoms with Crippen LogP contribution in [0, 0.1) is 0 Å². The molecule has 2 aromatic heterocycles. The van der Waals surface area contributed by atoms with E-state index in [4.69, 9.17) is 0 Å². The SMILES string of the molecule is C[C@@H](C(=O)Nc1ccccc1C(F)(F)F)n1nnc2sc3c(c2c1=O)CCCC3. The molecule has 2 heterocycles. The molecule has 10 heteroatoms. The fourth-order valence-corrected chi connectivity index (χ4v) is 4.72. The van der Waals surface area contributed by atoms with E-state index in [1.807, 2.05) is 0 Å². The first-order valence-electron chi connectivity index (χ1n) is 9.14. The lowest BCUT2D eigenvalue weighted by Crippen LogP contribution is -2.34. The molecular formula is C19H17F3N4O2S. The molecule has 0 saturated heterocycles. The molecule has 6 nitrogen and oxygen atoms in total. The molecular weight excluding hydrogens is 405 g/mol. The van der Waals surface area contributed by atoms with E-state index in [-0.39, 0.29) is 5.69 Å². The number of nitrogens with zero attached hydrogens (tertiary/aromatic N) is 3. The summed E-state index contributed by atoms with van der Waals surface area (Å²) in [6, 6.07) is 3.56. The van der Waals surface area contributed by atoms with Crippen LogP contribution in [0.5, 0.6) is 0 Å². The van der Waals surface area contributed by atoms with Gasteiger partial charge in [0.05, 0.1) is 16.6 Å². The second-order valence-corrected chi connectivity index (χ2v) is 8.02. The number of hydrogen-bond acceptors (Lipinski definition) is 5. The first kappa shape index (κ1) is 19.6. The minimum atomic E-state index is -4.61. The Morgan fingerprint density at radius 2 is 1.97 bits per heavy atom. The predicted molar refractivity (Wildman–Crippen MR) is 103 cm³/mol. The van der Waals surface area contributed by atoms with Gasteiger partial charge in [0.15, 0.2) is 4.83 Å². The molecule has 0 radical (unpaired) electrons. The van der Waals surface area contributed by atoms with E-state index in [0.29, 0.717) is 10.2 Å². The molecule has 0 aliphatic heterocycles. The Kier molecular flexibility index (Phi) is 4.89. The lowest BCUT2D eigenvalue weighted by molar-refractivity contribution is -0.137. The Labute approximate surface area is 167 Å². The van der Waals surface area contributed by atoms with Crippen LogP contribution in [0.1, 0.15) is 41.8 Å². The number of aromatic nitrogens is 3. The molecule has 4 rings (SSSR count). The van der Waals surface area contributed by atoms with Gasteiger partial charge in [0.25, 0.3) is 5.56 Å². The van der Waals surface area contributed by atoms with Crippen molar-refractivity contribution >= 4 is 33.1 Å². The molecule has 152 valence electrons. The molecule has 0 bridgehead atoms. The number of alkyl halides is 3. The molecule has 1 atom stereocenters. The van der Waals surface area contributed by atoms with Crippen LogP contribution >= 0.6 is 11.3 Å². The van der Waals surface area contributed by atoms with E-state index in [9.17, 15) is 22.8 Å². The molecule has 1 N–H and O–H groups in total. The summed E-state index contributed by atoms with van der Waals surface area (Å²) in [5, 5.41) is 10.7. The number of aryl methyl sites for hydroxylation is 2. The number of amides is 1. The minimum Gasteiger partial charge on any atom is -0.324 e. The number of carbonyl (C=O) groups excluding carboxylic acids is 1. The Morgan fingerprint density at radius 3 is 2.72 bits per heavy atom. The molecule has 29 heavy (non-hydrogen) atoms. The number of para-hydroxylation sites is 1. The fourth-order valence-electron chi connectivity index (χ4n) is 3.53. The van der Waals surface area contributed by atoms with Crippen LogP contribution in [-0.4, -0.2) is 20.9 Å². The fraction of sp³-hybridized carbons (Fsp3) is 0.368. The maximum atomic E-state index is 13.2. The molecule has 0 saturated carbocycles. The second-order valence-electron chi connectivity index (χ2n) is 6.94. The minimum absolute atomic E-state index is 0.369. The Balaban J connectivity index is 1.68. The van der Waals surface area contributed by atoms with Crippen molar-refractivity contribution in [3.8, 4) is 0 Å². The number of carbonyl (C=O) groups is 1. The highest BCUT2D eigenvalue weighted by Crippen LogP contribution is 2.35. The molecule has 0 unspecified atom stereocenters. The van der Waals surface area contributed by atoms with Crippen molar-refractivity contribution in [1.82, 2.24) is 15.0 Å². The number of anilines is 1. The van der Waals surface area contributed by atoms with E-state index < -0.39 is 29.2 Å². The van der Waals surface area contributed by atoms with Crippen molar-refractivity contribution in [2.24, 2.45) is 0 Å². The van der Waals surface area contributed by atoms with E-state index in [2.05, 4.69) is 15.6 Å². The molecule has 1 amide bonds.